The minimum atomic E-state index is -3.88. The number of hydrogen-bond acceptors (Lipinski definition) is 15. The molecule has 23 heteroatoms. The van der Waals surface area contributed by atoms with E-state index in [4.69, 9.17) is 41.8 Å². The van der Waals surface area contributed by atoms with E-state index in [-0.39, 0.29) is 35.0 Å². The number of aromatic amines is 1. The Kier molecular flexibility index (Phi) is 8.22. The number of H-pyrrole nitrogens is 1. The molecule has 43 heavy (non-hydrogen) atoms. The highest BCUT2D eigenvalue weighted by Gasteiger charge is 2.53. The third-order valence-corrected chi connectivity index (χ3v) is 10.8. The number of rotatable bonds is 9. The van der Waals surface area contributed by atoms with Gasteiger partial charge in [-0.1, -0.05) is 5.21 Å². The van der Waals surface area contributed by atoms with Crippen LogP contribution in [0.1, 0.15) is 18.9 Å². The Morgan fingerprint density at radius 2 is 2.09 bits per heavy atom. The molecule has 0 spiro atoms. The highest BCUT2D eigenvalue weighted by molar-refractivity contribution is 8.39. The number of thiol groups is 1. The summed E-state index contributed by atoms with van der Waals surface area (Å²) in [5.74, 6) is -0.0256. The summed E-state index contributed by atoms with van der Waals surface area (Å²) in [6.45, 7) is -4.79. The number of halogens is 1. The summed E-state index contributed by atoms with van der Waals surface area (Å²) in [5, 5.41) is 18.0. The second-order valence-electron chi connectivity index (χ2n) is 9.69. The lowest BCUT2D eigenvalue weighted by molar-refractivity contribution is -0.0399. The molecule has 0 radical (unpaired) electrons. The number of nitrogens with two attached hydrogens (primary N) is 2. The minimum Gasteiger partial charge on any atom is -0.394 e. The van der Waals surface area contributed by atoms with Gasteiger partial charge < -0.3 is 40.0 Å². The van der Waals surface area contributed by atoms with Crippen LogP contribution >= 0.6 is 26.0 Å². The molecule has 0 aliphatic carbocycles. The van der Waals surface area contributed by atoms with Gasteiger partial charge in [-0.25, -0.2) is 14.4 Å². The smallest absolute Gasteiger partial charge is 0.394 e. The van der Waals surface area contributed by atoms with Crippen LogP contribution in [-0.2, 0) is 34.9 Å². The second-order valence-corrected chi connectivity index (χ2v) is 15.0. The van der Waals surface area contributed by atoms with Gasteiger partial charge in [0.05, 0.1) is 30.4 Å². The molecule has 0 saturated carbocycles. The fourth-order valence-corrected chi connectivity index (χ4v) is 8.26. The summed E-state index contributed by atoms with van der Waals surface area (Å²) in [6.07, 6.45) is -5.00. The monoisotopic (exact) mass is 677 g/mol. The molecule has 9 unspecified atom stereocenters. The van der Waals surface area contributed by atoms with Crippen molar-refractivity contribution in [1.29, 1.82) is 0 Å². The number of nitrogens with one attached hydrogen (secondary N) is 1. The van der Waals surface area contributed by atoms with Gasteiger partial charge in [0.15, 0.2) is 42.4 Å². The fraction of sp³-hybridized carbons (Fsp3) is 0.500. The zero-order valence-corrected chi connectivity index (χ0v) is 25.2. The van der Waals surface area contributed by atoms with E-state index in [1.54, 1.807) is 6.07 Å². The van der Waals surface area contributed by atoms with Gasteiger partial charge in [0.1, 0.15) is 36.1 Å². The summed E-state index contributed by atoms with van der Waals surface area (Å²) >= 11 is 9.28. The predicted molar refractivity (Wildman–Crippen MR) is 154 cm³/mol. The first-order valence-electron chi connectivity index (χ1n) is 12.5. The van der Waals surface area contributed by atoms with Crippen molar-refractivity contribution in [2.75, 3.05) is 24.7 Å². The Hall–Kier alpha value is -2.71. The number of alkyl halides is 1. The average Bonchev–Trinajstić information content (AvgIpc) is 3.73. The topological polar surface area (TPSA) is 254 Å². The van der Waals surface area contributed by atoms with E-state index in [0.29, 0.717) is 5.39 Å². The predicted octanol–water partition coefficient (Wildman–Crippen LogP) is 0.299. The van der Waals surface area contributed by atoms with E-state index in [2.05, 4.69) is 42.5 Å². The number of hydrogen-bond donors (Lipinski definition) is 6. The van der Waals surface area contributed by atoms with Crippen molar-refractivity contribution in [1.82, 2.24) is 39.5 Å². The van der Waals surface area contributed by atoms with Crippen molar-refractivity contribution in [3.63, 3.8) is 0 Å². The summed E-state index contributed by atoms with van der Waals surface area (Å²) in [7, 11) is -2.57. The zero-order chi connectivity index (χ0) is 30.6. The maximum absolute atomic E-state index is 15.8. The molecule has 2 saturated heterocycles. The van der Waals surface area contributed by atoms with Gasteiger partial charge in [-0.2, -0.15) is 9.67 Å². The largest absolute Gasteiger partial charge is 0.582 e. The molecule has 2 fully saturated rings. The number of aliphatic hydroxyl groups is 1. The molecular weight excluding hydrogens is 653 g/mol. The summed E-state index contributed by atoms with van der Waals surface area (Å²) in [6, 6.07) is 1.59. The molecule has 2 aliphatic rings. The van der Waals surface area contributed by atoms with Gasteiger partial charge in [-0.05, 0) is 28.9 Å². The molecule has 6 heterocycles. The van der Waals surface area contributed by atoms with Crippen LogP contribution in [0.2, 0.25) is 0 Å². The van der Waals surface area contributed by atoms with Crippen molar-refractivity contribution in [3.8, 4) is 0 Å². The quantitative estimate of drug-likeness (QED) is 0.103. The molecule has 6 rings (SSSR count). The standard InChI is InChI=1S/C20H23FN10O8P2S2/c21-11-13(39-40(34)42)9(38-19(11)30-2-1-8-14(22)24-6-25-15(8)30)5-36-41(35,43)10-3-7(4-32)37-18(10)31-16-12(28-29-31)17(33)27-20(23)26-16/h1-2,6-7,9-11,13,18-19,32H,3-5H2,(H6-,22,23,24,25,26,27,29,33,34,35,42,43)/p+1. The first kappa shape index (κ1) is 30.3. The van der Waals surface area contributed by atoms with E-state index in [9.17, 15) is 19.4 Å². The molecule has 0 bridgehead atoms. The van der Waals surface area contributed by atoms with E-state index in [1.807, 2.05) is 0 Å². The molecule has 18 nitrogen and oxygen atoms in total. The highest BCUT2D eigenvalue weighted by Crippen LogP contribution is 2.58. The molecule has 230 valence electrons. The molecule has 0 amide bonds. The Morgan fingerprint density at radius 3 is 2.84 bits per heavy atom. The minimum absolute atomic E-state index is 0.0355. The molecule has 4 aromatic rings. The molecule has 2 aliphatic heterocycles. The van der Waals surface area contributed by atoms with Crippen LogP contribution in [0, 0.1) is 0 Å². The van der Waals surface area contributed by atoms with Crippen molar-refractivity contribution >= 4 is 71.7 Å². The zero-order valence-electron chi connectivity index (χ0n) is 21.7. The second kappa shape index (κ2) is 11.7. The van der Waals surface area contributed by atoms with Crippen molar-refractivity contribution in [2.24, 2.45) is 0 Å². The first-order chi connectivity index (χ1) is 20.5. The maximum atomic E-state index is 15.8. The lowest BCUT2D eigenvalue weighted by Gasteiger charge is -2.27. The maximum Gasteiger partial charge on any atom is 0.582 e. The number of ether oxygens (including phenoxy) is 2. The number of nitrogens with zero attached hydrogens (tertiary/aromatic N) is 7. The van der Waals surface area contributed by atoms with Gasteiger partial charge >= 0.3 is 7.23 Å². The number of nitrogen functional groups attached to an aromatic ring is 2. The van der Waals surface area contributed by atoms with Crippen molar-refractivity contribution in [2.45, 2.75) is 49.0 Å². The third kappa shape index (κ3) is 5.54. The fourth-order valence-electron chi connectivity index (χ4n) is 5.14. The van der Waals surface area contributed by atoms with Crippen molar-refractivity contribution < 1.29 is 37.5 Å². The third-order valence-electron chi connectivity index (χ3n) is 7.10. The average molecular weight is 678 g/mol. The van der Waals surface area contributed by atoms with Crippen LogP contribution < -0.4 is 17.0 Å². The van der Waals surface area contributed by atoms with Gasteiger partial charge in [0.2, 0.25) is 5.95 Å². The van der Waals surface area contributed by atoms with E-state index >= 15 is 4.39 Å². The summed E-state index contributed by atoms with van der Waals surface area (Å²) < 4.78 is 53.0. The molecule has 4 aromatic heterocycles. The highest BCUT2D eigenvalue weighted by atomic mass is 32.7. The van der Waals surface area contributed by atoms with Crippen LogP contribution in [0.4, 0.5) is 16.2 Å². The molecule has 7 N–H and O–H groups in total. The first-order valence-corrected chi connectivity index (χ1v) is 17.6. The molecule has 9 atom stereocenters. The SMILES string of the molecule is Nc1nc2c(nnn2C2OC(CO)CC2P(O)(=S)OCC2OC(n3ccc4c(N)ncnc43)C(F)C2O[P+](=O)S)c(=O)[nH]1. The van der Waals surface area contributed by atoms with Gasteiger partial charge in [0, 0.05) is 6.20 Å². The van der Waals surface area contributed by atoms with Crippen LogP contribution in [-0.4, -0.2) is 92.9 Å². The number of fused-ring (bicyclic) bond motifs is 2. The van der Waals surface area contributed by atoms with Crippen LogP contribution in [0.5, 0.6) is 0 Å². The van der Waals surface area contributed by atoms with Crippen LogP contribution in [0.25, 0.3) is 22.2 Å². The number of aromatic nitrogens is 8. The van der Waals surface area contributed by atoms with E-state index in [0.717, 1.165) is 4.68 Å². The molecular formula is C20H24FN10O8P2S2+. The van der Waals surface area contributed by atoms with Gasteiger partial charge in [-0.15, -0.1) is 9.62 Å². The Labute approximate surface area is 251 Å². The lowest BCUT2D eigenvalue weighted by atomic mass is 10.1. The number of anilines is 2. The van der Waals surface area contributed by atoms with Crippen molar-refractivity contribution in [3.05, 3.63) is 28.9 Å². The van der Waals surface area contributed by atoms with Gasteiger partial charge in [-0.3, -0.25) is 9.78 Å². The van der Waals surface area contributed by atoms with E-state index in [1.165, 1.54) is 17.1 Å². The Bertz CT molecular complexity index is 1810. The Morgan fingerprint density at radius 1 is 1.30 bits per heavy atom. The van der Waals surface area contributed by atoms with E-state index < -0.39 is 75.1 Å². The number of aliphatic hydroxyl groups excluding tert-OH is 1. The summed E-state index contributed by atoms with van der Waals surface area (Å²) in [4.78, 5) is 38.2. The Balaban J connectivity index is 1.26. The van der Waals surface area contributed by atoms with Gasteiger partial charge in [0.25, 0.3) is 5.56 Å². The van der Waals surface area contributed by atoms with Crippen LogP contribution in [0.3, 0.4) is 0 Å². The lowest BCUT2D eigenvalue weighted by Crippen LogP contribution is -2.33. The normalized spacial score (nSPS) is 29.4. The molecule has 0 aromatic carbocycles. The van der Waals surface area contributed by atoms with Crippen LogP contribution in [0.15, 0.2) is 23.4 Å². The summed E-state index contributed by atoms with van der Waals surface area (Å²) in [5.41, 5.74) is 10.1.